The molecule has 0 radical (unpaired) electrons. The molecule has 3 N–H and O–H groups in total. The van der Waals surface area contributed by atoms with Crippen molar-refractivity contribution < 1.29 is 9.66 Å². The highest BCUT2D eigenvalue weighted by Crippen LogP contribution is 2.25. The largest absolute Gasteiger partial charge is 0.496 e. The number of nitrogen functional groups attached to an aromatic ring is 1. The Morgan fingerprint density at radius 2 is 2.10 bits per heavy atom. The highest BCUT2D eigenvalue weighted by molar-refractivity contribution is 5.63. The van der Waals surface area contributed by atoms with Gasteiger partial charge in [0, 0.05) is 5.69 Å². The highest BCUT2D eigenvalue weighted by Gasteiger charge is 2.10. The number of anilines is 3. The van der Waals surface area contributed by atoms with Crippen molar-refractivity contribution in [1.82, 2.24) is 4.98 Å². The molecule has 0 aliphatic rings. The van der Waals surface area contributed by atoms with Gasteiger partial charge in [-0.05, 0) is 30.7 Å². The van der Waals surface area contributed by atoms with E-state index in [9.17, 15) is 10.1 Å². The quantitative estimate of drug-likeness (QED) is 0.656. The van der Waals surface area contributed by atoms with E-state index in [0.29, 0.717) is 5.82 Å². The number of ether oxygens (including phenoxy) is 1. The summed E-state index contributed by atoms with van der Waals surface area (Å²) in [5.41, 5.74) is 7.13. The lowest BCUT2D eigenvalue weighted by Gasteiger charge is -2.09. The standard InChI is InChI=1S/C13H14N4O3/c1-8-5-9(3-4-11(8)20-2)15-13-7-10(17(18)19)6-12(14)16-13/h3-7H,1-2H3,(H3,14,15,16). The van der Waals surface area contributed by atoms with E-state index in [0.717, 1.165) is 17.0 Å². The molecule has 0 atom stereocenters. The summed E-state index contributed by atoms with van der Waals surface area (Å²) in [6.45, 7) is 1.90. The van der Waals surface area contributed by atoms with E-state index in [1.807, 2.05) is 13.0 Å². The molecular weight excluding hydrogens is 260 g/mol. The summed E-state index contributed by atoms with van der Waals surface area (Å²) in [4.78, 5) is 14.3. The lowest BCUT2D eigenvalue weighted by molar-refractivity contribution is -0.384. The van der Waals surface area contributed by atoms with Crippen LogP contribution >= 0.6 is 0 Å². The first-order valence-electron chi connectivity index (χ1n) is 5.83. The van der Waals surface area contributed by atoms with E-state index >= 15 is 0 Å². The Hall–Kier alpha value is -2.83. The fourth-order valence-corrected chi connectivity index (χ4v) is 1.81. The number of hydrogen-bond donors (Lipinski definition) is 2. The van der Waals surface area contributed by atoms with Gasteiger partial charge in [-0.1, -0.05) is 0 Å². The van der Waals surface area contributed by atoms with Gasteiger partial charge in [0.25, 0.3) is 5.69 Å². The number of aryl methyl sites for hydroxylation is 1. The number of nitrogens with one attached hydrogen (secondary N) is 1. The van der Waals surface area contributed by atoms with Crippen molar-refractivity contribution in [3.63, 3.8) is 0 Å². The van der Waals surface area contributed by atoms with Crippen LogP contribution in [0.5, 0.6) is 5.75 Å². The van der Waals surface area contributed by atoms with Crippen LogP contribution in [0.15, 0.2) is 30.3 Å². The van der Waals surface area contributed by atoms with Gasteiger partial charge in [0.1, 0.15) is 17.4 Å². The number of rotatable bonds is 4. The summed E-state index contributed by atoms with van der Waals surface area (Å²) >= 11 is 0. The molecule has 0 spiro atoms. The smallest absolute Gasteiger partial charge is 0.276 e. The van der Waals surface area contributed by atoms with Crippen LogP contribution in [0.1, 0.15) is 5.56 Å². The third-order valence-electron chi connectivity index (χ3n) is 2.71. The van der Waals surface area contributed by atoms with Crippen LogP contribution in [-0.2, 0) is 0 Å². The summed E-state index contributed by atoms with van der Waals surface area (Å²) in [6, 6.07) is 8.00. The summed E-state index contributed by atoms with van der Waals surface area (Å²) in [5.74, 6) is 1.18. The van der Waals surface area contributed by atoms with Crippen LogP contribution in [0, 0.1) is 17.0 Å². The molecule has 7 nitrogen and oxygen atoms in total. The summed E-state index contributed by atoms with van der Waals surface area (Å²) in [5, 5.41) is 13.8. The summed E-state index contributed by atoms with van der Waals surface area (Å²) in [6.07, 6.45) is 0. The first-order chi connectivity index (χ1) is 9.49. The molecule has 0 unspecified atom stereocenters. The van der Waals surface area contributed by atoms with Crippen LogP contribution < -0.4 is 15.8 Å². The van der Waals surface area contributed by atoms with Gasteiger partial charge in [0.05, 0.1) is 24.2 Å². The molecule has 20 heavy (non-hydrogen) atoms. The number of nitrogens with two attached hydrogens (primary N) is 1. The first-order valence-corrected chi connectivity index (χ1v) is 5.83. The SMILES string of the molecule is COc1ccc(Nc2cc([N+](=O)[O-])cc(N)n2)cc1C. The van der Waals surface area contributed by atoms with Crippen molar-refractivity contribution in [2.24, 2.45) is 0 Å². The molecule has 1 aromatic carbocycles. The van der Waals surface area contributed by atoms with Crippen molar-refractivity contribution in [3.05, 3.63) is 46.0 Å². The molecule has 0 aliphatic heterocycles. The van der Waals surface area contributed by atoms with Gasteiger partial charge in [-0.15, -0.1) is 0 Å². The predicted octanol–water partition coefficient (Wildman–Crippen LogP) is 2.63. The molecule has 2 rings (SSSR count). The monoisotopic (exact) mass is 274 g/mol. The molecular formula is C13H14N4O3. The van der Waals surface area contributed by atoms with Crippen LogP contribution in [0.25, 0.3) is 0 Å². The summed E-state index contributed by atoms with van der Waals surface area (Å²) < 4.78 is 5.17. The van der Waals surface area contributed by atoms with Gasteiger partial charge >= 0.3 is 0 Å². The van der Waals surface area contributed by atoms with Gasteiger partial charge in [-0.2, -0.15) is 0 Å². The molecule has 0 fully saturated rings. The maximum atomic E-state index is 10.8. The molecule has 2 aromatic rings. The second kappa shape index (κ2) is 5.43. The predicted molar refractivity (Wildman–Crippen MR) is 76.3 cm³/mol. The van der Waals surface area contributed by atoms with Crippen LogP contribution in [0.3, 0.4) is 0 Å². The maximum Gasteiger partial charge on any atom is 0.276 e. The molecule has 0 saturated heterocycles. The van der Waals surface area contributed by atoms with E-state index < -0.39 is 4.92 Å². The van der Waals surface area contributed by atoms with E-state index in [1.165, 1.54) is 12.1 Å². The van der Waals surface area contributed by atoms with Gasteiger partial charge in [-0.25, -0.2) is 4.98 Å². The Morgan fingerprint density at radius 3 is 2.70 bits per heavy atom. The van der Waals surface area contributed by atoms with Crippen LogP contribution in [0.2, 0.25) is 0 Å². The minimum atomic E-state index is -0.511. The lowest BCUT2D eigenvalue weighted by atomic mass is 10.2. The van der Waals surface area contributed by atoms with Crippen molar-refractivity contribution >= 4 is 23.0 Å². The Labute approximate surface area is 115 Å². The van der Waals surface area contributed by atoms with E-state index in [2.05, 4.69) is 10.3 Å². The number of nitro groups is 1. The zero-order valence-corrected chi connectivity index (χ0v) is 11.1. The minimum Gasteiger partial charge on any atom is -0.496 e. The van der Waals surface area contributed by atoms with E-state index in [1.54, 1.807) is 19.2 Å². The number of methoxy groups -OCH3 is 1. The average Bonchev–Trinajstić information content (AvgIpc) is 2.38. The molecule has 0 saturated carbocycles. The third kappa shape index (κ3) is 2.94. The molecule has 7 heteroatoms. The first kappa shape index (κ1) is 13.6. The topological polar surface area (TPSA) is 103 Å². The van der Waals surface area contributed by atoms with E-state index in [4.69, 9.17) is 10.5 Å². The number of aromatic nitrogens is 1. The van der Waals surface area contributed by atoms with Gasteiger partial charge < -0.3 is 15.8 Å². The zero-order chi connectivity index (χ0) is 14.7. The minimum absolute atomic E-state index is 0.0898. The van der Waals surface area contributed by atoms with Crippen molar-refractivity contribution in [2.45, 2.75) is 6.92 Å². The Bertz CT molecular complexity index is 658. The Kier molecular flexibility index (Phi) is 3.69. The third-order valence-corrected chi connectivity index (χ3v) is 2.71. The summed E-state index contributed by atoms with van der Waals surface area (Å²) in [7, 11) is 1.60. The van der Waals surface area contributed by atoms with Crippen LogP contribution in [-0.4, -0.2) is 17.0 Å². The zero-order valence-electron chi connectivity index (χ0n) is 11.1. The Balaban J connectivity index is 2.30. The number of pyridine rings is 1. The number of nitrogens with zero attached hydrogens (tertiary/aromatic N) is 2. The maximum absolute atomic E-state index is 10.8. The fraction of sp³-hybridized carbons (Fsp3) is 0.154. The Morgan fingerprint density at radius 1 is 1.35 bits per heavy atom. The molecule has 1 heterocycles. The van der Waals surface area contributed by atoms with Gasteiger partial charge in [0.15, 0.2) is 0 Å². The average molecular weight is 274 g/mol. The van der Waals surface area contributed by atoms with Gasteiger partial charge in [-0.3, -0.25) is 10.1 Å². The molecule has 1 aromatic heterocycles. The fourth-order valence-electron chi connectivity index (χ4n) is 1.81. The number of hydrogen-bond acceptors (Lipinski definition) is 6. The van der Waals surface area contributed by atoms with Crippen molar-refractivity contribution in [3.8, 4) is 5.75 Å². The molecule has 0 bridgehead atoms. The normalized spacial score (nSPS) is 10.1. The lowest BCUT2D eigenvalue weighted by Crippen LogP contribution is -2.00. The molecule has 0 aliphatic carbocycles. The van der Waals surface area contributed by atoms with Gasteiger partial charge in [0.2, 0.25) is 0 Å². The van der Waals surface area contributed by atoms with E-state index in [-0.39, 0.29) is 11.5 Å². The highest BCUT2D eigenvalue weighted by atomic mass is 16.6. The number of benzene rings is 1. The van der Waals surface area contributed by atoms with Crippen molar-refractivity contribution in [1.29, 1.82) is 0 Å². The molecule has 104 valence electrons. The second-order valence-electron chi connectivity index (χ2n) is 4.20. The van der Waals surface area contributed by atoms with Crippen LogP contribution in [0.4, 0.5) is 23.0 Å². The second-order valence-corrected chi connectivity index (χ2v) is 4.20. The molecule has 0 amide bonds. The van der Waals surface area contributed by atoms with Crippen molar-refractivity contribution in [2.75, 3.05) is 18.2 Å².